The largest absolute Gasteiger partial charge is 0.458 e. The van der Waals surface area contributed by atoms with Crippen molar-refractivity contribution in [3.8, 4) is 0 Å². The normalized spacial score (nSPS) is 36.2. The molecule has 0 aromatic rings. The fourth-order valence-corrected chi connectivity index (χ4v) is 5.45. The third kappa shape index (κ3) is 3.58. The number of carbonyl (C=O) groups excluding carboxylic acids is 1. The van der Waals surface area contributed by atoms with Gasteiger partial charge in [-0.2, -0.15) is 0 Å². The smallest absolute Gasteiger partial charge is 0.306 e. The third-order valence-electron chi connectivity index (χ3n) is 6.87. The van der Waals surface area contributed by atoms with Gasteiger partial charge in [0.15, 0.2) is 0 Å². The van der Waals surface area contributed by atoms with E-state index in [1.54, 1.807) is 6.08 Å². The van der Waals surface area contributed by atoms with Crippen LogP contribution in [0.15, 0.2) is 11.6 Å². The summed E-state index contributed by atoms with van der Waals surface area (Å²) in [6.07, 6.45) is 7.06. The zero-order chi connectivity index (χ0) is 19.6. The number of esters is 1. The Bertz CT molecular complexity index is 541. The maximum absolute atomic E-state index is 12.4. The molecular weight excluding hydrogens is 332 g/mol. The van der Waals surface area contributed by atoms with Crippen molar-refractivity contribution in [2.45, 2.75) is 84.3 Å². The molecule has 0 aromatic carbocycles. The van der Waals surface area contributed by atoms with Crippen LogP contribution in [-0.4, -0.2) is 46.2 Å². The monoisotopic (exact) mass is 368 g/mol. The second-order valence-corrected chi connectivity index (χ2v) is 9.02. The maximum atomic E-state index is 12.4. The van der Waals surface area contributed by atoms with Crippen LogP contribution in [0.3, 0.4) is 0 Å². The Hall–Kier alpha value is -0.910. The second-order valence-electron chi connectivity index (χ2n) is 9.02. The van der Waals surface area contributed by atoms with E-state index in [4.69, 9.17) is 4.74 Å². The molecule has 2 rings (SSSR count). The van der Waals surface area contributed by atoms with Gasteiger partial charge in [0.2, 0.25) is 0 Å². The molecule has 0 aliphatic heterocycles. The SMILES string of the molecule is CCCCCC(=O)O[C@@H]1C=C(CO)[C@](O)(CO)[C@@]2(C)CCCC(C)(C)[C@H]12. The molecule has 2 aliphatic rings. The van der Waals surface area contributed by atoms with Crippen LogP contribution in [0.1, 0.15) is 72.6 Å². The first-order chi connectivity index (χ1) is 12.2. The minimum atomic E-state index is -1.49. The highest BCUT2D eigenvalue weighted by Gasteiger charge is 2.63. The predicted molar refractivity (Wildman–Crippen MR) is 100 cm³/mol. The Morgan fingerprint density at radius 3 is 2.50 bits per heavy atom. The van der Waals surface area contributed by atoms with Crippen LogP contribution in [0, 0.1) is 16.7 Å². The summed E-state index contributed by atoms with van der Waals surface area (Å²) in [6, 6.07) is 0. The zero-order valence-electron chi connectivity index (χ0n) is 16.8. The van der Waals surface area contributed by atoms with Crippen molar-refractivity contribution in [1.82, 2.24) is 0 Å². The van der Waals surface area contributed by atoms with Crippen LogP contribution in [-0.2, 0) is 9.53 Å². The summed E-state index contributed by atoms with van der Waals surface area (Å²) in [5, 5.41) is 31.2. The van der Waals surface area contributed by atoms with E-state index in [0.29, 0.717) is 12.0 Å². The van der Waals surface area contributed by atoms with Gasteiger partial charge in [0.25, 0.3) is 0 Å². The van der Waals surface area contributed by atoms with Crippen LogP contribution in [0.4, 0.5) is 0 Å². The summed E-state index contributed by atoms with van der Waals surface area (Å²) in [7, 11) is 0. The van der Waals surface area contributed by atoms with E-state index >= 15 is 0 Å². The molecule has 1 saturated carbocycles. The zero-order valence-corrected chi connectivity index (χ0v) is 16.8. The molecule has 0 bridgehead atoms. The predicted octanol–water partition coefficient (Wildman–Crippen LogP) is 2.97. The molecule has 150 valence electrons. The standard InChI is InChI=1S/C21H36O5/c1-5-6-7-9-17(24)26-16-12-15(13-22)21(25,14-23)20(4)11-8-10-19(2,3)18(16)20/h12,16,18,22-23,25H,5-11,13-14H2,1-4H3/t16-,18+,20+,21-/m1/s1. The first-order valence-corrected chi connectivity index (χ1v) is 10.0. The van der Waals surface area contributed by atoms with Crippen molar-refractivity contribution in [2.24, 2.45) is 16.7 Å². The molecule has 1 fully saturated rings. The summed E-state index contributed by atoms with van der Waals surface area (Å²) < 4.78 is 5.86. The Morgan fingerprint density at radius 1 is 1.23 bits per heavy atom. The summed E-state index contributed by atoms with van der Waals surface area (Å²) in [4.78, 5) is 12.4. The van der Waals surface area contributed by atoms with Crippen molar-refractivity contribution in [3.05, 3.63) is 11.6 Å². The highest BCUT2D eigenvalue weighted by Crippen LogP contribution is 2.61. The van der Waals surface area contributed by atoms with E-state index in [-0.39, 0.29) is 23.9 Å². The van der Waals surface area contributed by atoms with Crippen molar-refractivity contribution in [2.75, 3.05) is 13.2 Å². The molecule has 26 heavy (non-hydrogen) atoms. The number of unbranched alkanes of at least 4 members (excludes halogenated alkanes) is 2. The Kier molecular flexibility index (Phi) is 6.57. The van der Waals surface area contributed by atoms with E-state index in [0.717, 1.165) is 38.5 Å². The van der Waals surface area contributed by atoms with Crippen molar-refractivity contribution >= 4 is 5.97 Å². The number of aliphatic hydroxyl groups excluding tert-OH is 2. The fraction of sp³-hybridized carbons (Fsp3) is 0.857. The molecule has 3 N–H and O–H groups in total. The van der Waals surface area contributed by atoms with Gasteiger partial charge in [-0.15, -0.1) is 0 Å². The molecule has 0 unspecified atom stereocenters. The van der Waals surface area contributed by atoms with E-state index in [9.17, 15) is 20.1 Å². The van der Waals surface area contributed by atoms with Gasteiger partial charge >= 0.3 is 5.97 Å². The Labute approximate surface area is 157 Å². The van der Waals surface area contributed by atoms with Gasteiger partial charge in [-0.1, -0.05) is 47.0 Å². The molecule has 4 atom stereocenters. The number of carbonyl (C=O) groups is 1. The Morgan fingerprint density at radius 2 is 1.92 bits per heavy atom. The molecule has 2 aliphatic carbocycles. The summed E-state index contributed by atoms with van der Waals surface area (Å²) in [6.45, 7) is 7.54. The topological polar surface area (TPSA) is 87.0 Å². The highest BCUT2D eigenvalue weighted by molar-refractivity contribution is 5.69. The molecule has 0 saturated heterocycles. The average Bonchev–Trinajstić information content (AvgIpc) is 2.57. The third-order valence-corrected chi connectivity index (χ3v) is 6.87. The van der Waals surface area contributed by atoms with Gasteiger partial charge in [0.05, 0.1) is 13.2 Å². The molecule has 5 nitrogen and oxygen atoms in total. The number of hydrogen-bond donors (Lipinski definition) is 3. The van der Waals surface area contributed by atoms with Gasteiger partial charge < -0.3 is 20.1 Å². The van der Waals surface area contributed by atoms with Crippen LogP contribution in [0.2, 0.25) is 0 Å². The van der Waals surface area contributed by atoms with Gasteiger partial charge in [-0.25, -0.2) is 0 Å². The number of fused-ring (bicyclic) bond motifs is 1. The summed E-state index contributed by atoms with van der Waals surface area (Å²) in [5.41, 5.74) is -1.94. The lowest BCUT2D eigenvalue weighted by Gasteiger charge is -2.61. The van der Waals surface area contributed by atoms with Crippen molar-refractivity contribution in [1.29, 1.82) is 0 Å². The van der Waals surface area contributed by atoms with Crippen LogP contribution >= 0.6 is 0 Å². The van der Waals surface area contributed by atoms with E-state index in [1.165, 1.54) is 0 Å². The fourth-order valence-electron chi connectivity index (χ4n) is 5.45. The quantitative estimate of drug-likeness (QED) is 0.365. The van der Waals surface area contributed by atoms with Gasteiger partial charge in [-0.3, -0.25) is 4.79 Å². The van der Waals surface area contributed by atoms with Crippen molar-refractivity contribution < 1.29 is 24.9 Å². The molecule has 0 heterocycles. The summed E-state index contributed by atoms with van der Waals surface area (Å²) in [5.74, 6) is -0.346. The Balaban J connectivity index is 2.39. The lowest BCUT2D eigenvalue weighted by atomic mass is 9.46. The second kappa shape index (κ2) is 7.99. The van der Waals surface area contributed by atoms with Crippen LogP contribution in [0.25, 0.3) is 0 Å². The van der Waals surface area contributed by atoms with Gasteiger partial charge in [0.1, 0.15) is 11.7 Å². The highest BCUT2D eigenvalue weighted by atomic mass is 16.5. The van der Waals surface area contributed by atoms with Gasteiger partial charge in [-0.05, 0) is 36.3 Å². The number of aliphatic hydroxyl groups is 3. The van der Waals surface area contributed by atoms with E-state index < -0.39 is 23.7 Å². The molecule has 0 spiro atoms. The van der Waals surface area contributed by atoms with Crippen molar-refractivity contribution in [3.63, 3.8) is 0 Å². The lowest BCUT2D eigenvalue weighted by molar-refractivity contribution is -0.200. The number of rotatable bonds is 7. The van der Waals surface area contributed by atoms with E-state index in [1.807, 2.05) is 6.92 Å². The van der Waals surface area contributed by atoms with E-state index in [2.05, 4.69) is 20.8 Å². The van der Waals surface area contributed by atoms with Crippen LogP contribution < -0.4 is 0 Å². The first kappa shape index (κ1) is 21.4. The number of ether oxygens (including phenoxy) is 1. The minimum Gasteiger partial charge on any atom is -0.458 e. The lowest BCUT2D eigenvalue weighted by Crippen LogP contribution is -2.65. The van der Waals surface area contributed by atoms with Crippen LogP contribution in [0.5, 0.6) is 0 Å². The average molecular weight is 369 g/mol. The molecular formula is C21H36O5. The maximum Gasteiger partial charge on any atom is 0.306 e. The van der Waals surface area contributed by atoms with Gasteiger partial charge in [0, 0.05) is 17.8 Å². The summed E-state index contributed by atoms with van der Waals surface area (Å²) >= 11 is 0. The molecule has 0 radical (unpaired) electrons. The molecule has 5 heteroatoms. The molecule has 0 amide bonds. The molecule has 0 aromatic heterocycles. The minimum absolute atomic E-state index is 0.119. The first-order valence-electron chi connectivity index (χ1n) is 10.0. The number of hydrogen-bond acceptors (Lipinski definition) is 5.